The predicted molar refractivity (Wildman–Crippen MR) is 168 cm³/mol. The minimum absolute atomic E-state index is 0.174. The van der Waals surface area contributed by atoms with Crippen molar-refractivity contribution in [2.75, 3.05) is 55.3 Å². The van der Waals surface area contributed by atoms with Gasteiger partial charge in [-0.15, -0.1) is 0 Å². The van der Waals surface area contributed by atoms with Gasteiger partial charge >= 0.3 is 6.18 Å². The number of carbonyl (C=O) groups excluding carboxylic acids is 1. The number of aryl methyl sites for hydroxylation is 2. The van der Waals surface area contributed by atoms with Crippen molar-refractivity contribution >= 4 is 34.8 Å². The maximum Gasteiger partial charge on any atom is 0.419 e. The Morgan fingerprint density at radius 3 is 2.31 bits per heavy atom. The highest BCUT2D eigenvalue weighted by molar-refractivity contribution is 6.04. The van der Waals surface area contributed by atoms with Crippen molar-refractivity contribution < 1.29 is 18.0 Å². The van der Waals surface area contributed by atoms with E-state index in [9.17, 15) is 18.0 Å². The first kappa shape index (κ1) is 34.1. The molecule has 0 saturated carbocycles. The molecular weight excluding hydrogens is 543 g/mol. The normalized spacial score (nSPS) is 14.5. The largest absolute Gasteiger partial charge is 0.419 e. The third kappa shape index (κ3) is 10.4. The van der Waals surface area contributed by atoms with E-state index in [1.165, 1.54) is 25.5 Å². The van der Waals surface area contributed by atoms with E-state index in [2.05, 4.69) is 74.9 Å². The number of piperazine rings is 1. The topological polar surface area (TPSA) is 84.9 Å². The van der Waals surface area contributed by atoms with Crippen LogP contribution in [0.25, 0.3) is 0 Å². The van der Waals surface area contributed by atoms with Gasteiger partial charge in [-0.1, -0.05) is 32.2 Å². The molecule has 11 heteroatoms. The number of amidine groups is 1. The lowest BCUT2D eigenvalue weighted by atomic mass is 10.1. The molecule has 1 amide bonds. The molecule has 0 radical (unpaired) electrons. The maximum absolute atomic E-state index is 13.3. The molecule has 0 aliphatic carbocycles. The molecule has 1 aromatic carbocycles. The highest BCUT2D eigenvalue weighted by Gasteiger charge is 2.36. The third-order valence-corrected chi connectivity index (χ3v) is 6.36. The molecule has 2 aromatic rings. The molecule has 1 saturated heterocycles. The van der Waals surface area contributed by atoms with Crippen molar-refractivity contribution in [2.24, 2.45) is 4.99 Å². The van der Waals surface area contributed by atoms with Crippen molar-refractivity contribution in [3.05, 3.63) is 78.0 Å². The van der Waals surface area contributed by atoms with Gasteiger partial charge in [0.25, 0.3) is 0 Å². The number of carbonyl (C=O) groups is 1. The Morgan fingerprint density at radius 2 is 1.79 bits per heavy atom. The van der Waals surface area contributed by atoms with Gasteiger partial charge in [0.2, 0.25) is 5.91 Å². The van der Waals surface area contributed by atoms with E-state index in [1.54, 1.807) is 19.1 Å². The number of alkyl halides is 3. The Hall–Kier alpha value is -4.12. The van der Waals surface area contributed by atoms with Crippen LogP contribution in [-0.4, -0.2) is 67.6 Å². The number of likely N-dealkylation sites (N-methyl/N-ethyl adjacent to an activating group) is 1. The number of benzene rings is 1. The van der Waals surface area contributed by atoms with Crippen molar-refractivity contribution in [3.8, 4) is 0 Å². The van der Waals surface area contributed by atoms with Gasteiger partial charge in [-0.05, 0) is 75.7 Å². The molecule has 0 unspecified atom stereocenters. The summed E-state index contributed by atoms with van der Waals surface area (Å²) in [7, 11) is 1.92. The first-order valence-corrected chi connectivity index (χ1v) is 13.7. The van der Waals surface area contributed by atoms with Gasteiger partial charge in [0.05, 0.1) is 16.9 Å². The van der Waals surface area contributed by atoms with Crippen LogP contribution in [0, 0.1) is 13.8 Å². The van der Waals surface area contributed by atoms with Crippen molar-refractivity contribution in [1.82, 2.24) is 15.2 Å². The molecule has 42 heavy (non-hydrogen) atoms. The molecule has 0 spiro atoms. The number of halogens is 3. The van der Waals surface area contributed by atoms with Gasteiger partial charge in [0.15, 0.2) is 0 Å². The lowest BCUT2D eigenvalue weighted by Crippen LogP contribution is -2.46. The zero-order valence-electron chi connectivity index (χ0n) is 25.3. The number of aromatic nitrogens is 1. The third-order valence-electron chi connectivity index (χ3n) is 6.36. The van der Waals surface area contributed by atoms with Crippen molar-refractivity contribution in [3.63, 3.8) is 0 Å². The summed E-state index contributed by atoms with van der Waals surface area (Å²) < 4.78 is 39.8. The van der Waals surface area contributed by atoms with E-state index in [4.69, 9.17) is 0 Å². The number of nitrogens with one attached hydrogen (secondary N) is 3. The molecule has 1 aromatic heterocycles. The van der Waals surface area contributed by atoms with Crippen LogP contribution in [0.15, 0.2) is 71.9 Å². The number of aliphatic imine (C=N–C) groups is 1. The van der Waals surface area contributed by atoms with Crippen molar-refractivity contribution in [2.45, 2.75) is 40.8 Å². The summed E-state index contributed by atoms with van der Waals surface area (Å²) >= 11 is 0. The molecule has 0 bridgehead atoms. The van der Waals surface area contributed by atoms with E-state index in [1.807, 2.05) is 7.05 Å². The molecule has 1 aliphatic heterocycles. The average Bonchev–Trinajstić information content (AvgIpc) is 2.93. The zero-order chi connectivity index (χ0) is 31.4. The second kappa shape index (κ2) is 15.8. The van der Waals surface area contributed by atoms with Crippen LogP contribution in [0.5, 0.6) is 0 Å². The van der Waals surface area contributed by atoms with E-state index >= 15 is 0 Å². The minimum Gasteiger partial charge on any atom is -0.373 e. The van der Waals surface area contributed by atoms with Crippen LogP contribution in [0.2, 0.25) is 0 Å². The van der Waals surface area contributed by atoms with Crippen LogP contribution >= 0.6 is 0 Å². The van der Waals surface area contributed by atoms with Crippen LogP contribution in [0.4, 0.5) is 36.2 Å². The van der Waals surface area contributed by atoms with E-state index in [0.29, 0.717) is 5.70 Å². The molecule has 0 atom stereocenters. The smallest absolute Gasteiger partial charge is 0.373 e. The van der Waals surface area contributed by atoms with Crippen LogP contribution < -0.4 is 20.9 Å². The van der Waals surface area contributed by atoms with Crippen LogP contribution in [-0.2, 0) is 4.79 Å². The highest BCUT2D eigenvalue weighted by atomic mass is 19.4. The second-order valence-corrected chi connectivity index (χ2v) is 9.84. The van der Waals surface area contributed by atoms with Gasteiger partial charge < -0.3 is 25.8 Å². The Balaban J connectivity index is 0.000000314. The van der Waals surface area contributed by atoms with Gasteiger partial charge in [-0.25, -0.2) is 9.98 Å². The van der Waals surface area contributed by atoms with Crippen molar-refractivity contribution in [1.29, 1.82) is 0 Å². The van der Waals surface area contributed by atoms with Crippen LogP contribution in [0.3, 0.4) is 0 Å². The lowest BCUT2D eigenvalue weighted by molar-refractivity contribution is -0.111. The van der Waals surface area contributed by atoms with Gasteiger partial charge in [0, 0.05) is 38.9 Å². The molecule has 1 fully saturated rings. The highest BCUT2D eigenvalue weighted by Crippen LogP contribution is 2.31. The fraction of sp³-hybridized carbons (Fsp3) is 0.387. The lowest BCUT2D eigenvalue weighted by Gasteiger charge is -2.35. The molecule has 228 valence electrons. The van der Waals surface area contributed by atoms with E-state index in [0.717, 1.165) is 62.1 Å². The molecular formula is C31H42F3N7O. The number of pyridine rings is 1. The van der Waals surface area contributed by atoms with E-state index in [-0.39, 0.29) is 11.4 Å². The summed E-state index contributed by atoms with van der Waals surface area (Å²) in [5.74, 6) is 1.17. The molecule has 3 N–H and O–H groups in total. The zero-order valence-corrected chi connectivity index (χ0v) is 25.3. The number of anilines is 3. The quantitative estimate of drug-likeness (QED) is 0.190. The number of rotatable bonds is 8. The number of nitrogens with zero attached hydrogens (tertiary/aromatic N) is 4. The summed E-state index contributed by atoms with van der Waals surface area (Å²) in [4.78, 5) is 25.1. The fourth-order valence-electron chi connectivity index (χ4n) is 4.18. The Labute approximate surface area is 247 Å². The number of amides is 1. The Kier molecular flexibility index (Phi) is 12.8. The van der Waals surface area contributed by atoms with Gasteiger partial charge in [0.1, 0.15) is 17.5 Å². The first-order chi connectivity index (χ1) is 19.8. The summed E-state index contributed by atoms with van der Waals surface area (Å²) in [6, 6.07) is 9.07. The summed E-state index contributed by atoms with van der Waals surface area (Å²) in [6.45, 7) is 21.4. The number of hydrogen-bond acceptors (Lipinski definition) is 6. The molecule has 8 nitrogen and oxygen atoms in total. The standard InChI is InChI=1S/C18H20F3N3O.C13H22N4/c1-6-13(18(19,20)21)17(22-11(3)4)24-14-9-8-12(5)10-15(14)23-16(25)7-2;1-4-16-5-7-17(8-6-16)13-10-11(2)9-12(14-3)15-13/h6-10H,2-3H2,1,4-5H3,(H,22,24)(H,23,25);9-10H,4-8H2,1-3H3,(H,14,15)/b13-6+;. The minimum atomic E-state index is -4.59. The molecule has 3 rings (SSSR count). The predicted octanol–water partition coefficient (Wildman–Crippen LogP) is 6.35. The monoisotopic (exact) mass is 585 g/mol. The maximum atomic E-state index is 13.3. The SMILES string of the molecule is C=CC(=O)Nc1cc(C)ccc1N=C(NC(=C)C)/C(=C\C)C(F)(F)F.CCN1CCN(c2cc(C)cc(NC)n2)CC1. The first-order valence-electron chi connectivity index (χ1n) is 13.7. The number of hydrogen-bond donors (Lipinski definition) is 3. The molecule has 2 heterocycles. The van der Waals surface area contributed by atoms with E-state index < -0.39 is 23.5 Å². The number of allylic oxidation sites excluding steroid dienone is 2. The molecule has 1 aliphatic rings. The fourth-order valence-corrected chi connectivity index (χ4v) is 4.18. The average molecular weight is 586 g/mol. The summed E-state index contributed by atoms with van der Waals surface area (Å²) in [5, 5.41) is 8.19. The van der Waals surface area contributed by atoms with Gasteiger partial charge in [-0.3, -0.25) is 4.79 Å². The Bertz CT molecular complexity index is 1310. The summed E-state index contributed by atoms with van der Waals surface area (Å²) in [5.41, 5.74) is 1.90. The Morgan fingerprint density at radius 1 is 1.12 bits per heavy atom. The summed E-state index contributed by atoms with van der Waals surface area (Å²) in [6.07, 6.45) is -2.60. The van der Waals surface area contributed by atoms with Gasteiger partial charge in [-0.2, -0.15) is 13.2 Å². The second-order valence-electron chi connectivity index (χ2n) is 9.84. The van der Waals surface area contributed by atoms with Crippen LogP contribution in [0.1, 0.15) is 31.9 Å².